The lowest BCUT2D eigenvalue weighted by Gasteiger charge is -2.09. The fraction of sp³-hybridized carbons (Fsp3) is 0.158. The van der Waals surface area contributed by atoms with Gasteiger partial charge in [0, 0.05) is 12.2 Å². The summed E-state index contributed by atoms with van der Waals surface area (Å²) < 4.78 is 9.87. The van der Waals surface area contributed by atoms with Crippen molar-refractivity contribution < 1.29 is 14.3 Å². The molecule has 2 aromatic carbocycles. The normalized spacial score (nSPS) is 10.1. The molecule has 0 aliphatic carbocycles. The van der Waals surface area contributed by atoms with E-state index in [1.807, 2.05) is 30.3 Å². The van der Waals surface area contributed by atoms with Crippen LogP contribution in [0.5, 0.6) is 5.75 Å². The van der Waals surface area contributed by atoms with E-state index in [1.54, 1.807) is 25.3 Å². The Bertz CT molecular complexity index is 915. The van der Waals surface area contributed by atoms with Gasteiger partial charge in [-0.25, -0.2) is 4.79 Å². The SMILES string of the molecule is COC(=O)c1cccc(Nc2cnnc(NCc3ccc(OC)cc3)n2)c1. The summed E-state index contributed by atoms with van der Waals surface area (Å²) in [5.41, 5.74) is 2.20. The Hall–Kier alpha value is -3.68. The van der Waals surface area contributed by atoms with E-state index < -0.39 is 5.97 Å². The molecule has 1 heterocycles. The first-order valence-corrected chi connectivity index (χ1v) is 8.20. The highest BCUT2D eigenvalue weighted by molar-refractivity contribution is 5.90. The van der Waals surface area contributed by atoms with Gasteiger partial charge in [0.1, 0.15) is 5.75 Å². The number of ether oxygens (including phenoxy) is 2. The topological polar surface area (TPSA) is 98.3 Å². The van der Waals surface area contributed by atoms with Crippen LogP contribution in [-0.4, -0.2) is 35.4 Å². The Morgan fingerprint density at radius 1 is 1.11 bits per heavy atom. The number of aromatic nitrogens is 3. The molecule has 3 aromatic rings. The van der Waals surface area contributed by atoms with Crippen LogP contribution in [0.4, 0.5) is 17.5 Å². The van der Waals surface area contributed by atoms with Gasteiger partial charge in [0.15, 0.2) is 5.82 Å². The molecule has 8 nitrogen and oxygen atoms in total. The first kappa shape index (κ1) is 18.1. The molecule has 8 heteroatoms. The lowest BCUT2D eigenvalue weighted by atomic mass is 10.2. The highest BCUT2D eigenvalue weighted by Gasteiger charge is 2.07. The van der Waals surface area contributed by atoms with E-state index >= 15 is 0 Å². The van der Waals surface area contributed by atoms with Gasteiger partial charge < -0.3 is 20.1 Å². The molecule has 0 bridgehead atoms. The average Bonchev–Trinajstić information content (AvgIpc) is 2.72. The van der Waals surface area contributed by atoms with Crippen LogP contribution in [0.3, 0.4) is 0 Å². The molecule has 3 rings (SSSR count). The first-order chi connectivity index (χ1) is 13.2. The quantitative estimate of drug-likeness (QED) is 0.617. The number of esters is 1. The predicted octanol–water partition coefficient (Wildman–Crippen LogP) is 3.02. The number of rotatable bonds is 7. The van der Waals surface area contributed by atoms with Crippen LogP contribution in [-0.2, 0) is 11.3 Å². The molecular formula is C19H19N5O3. The summed E-state index contributed by atoms with van der Waals surface area (Å²) in [5.74, 6) is 1.29. The number of benzene rings is 2. The van der Waals surface area contributed by atoms with Gasteiger partial charge in [-0.1, -0.05) is 18.2 Å². The van der Waals surface area contributed by atoms with E-state index in [2.05, 4.69) is 25.8 Å². The summed E-state index contributed by atoms with van der Waals surface area (Å²) in [6, 6.07) is 14.6. The van der Waals surface area contributed by atoms with Crippen LogP contribution in [0.2, 0.25) is 0 Å². The summed E-state index contributed by atoms with van der Waals surface area (Å²) in [7, 11) is 2.98. The summed E-state index contributed by atoms with van der Waals surface area (Å²) in [6.45, 7) is 0.549. The zero-order valence-corrected chi connectivity index (χ0v) is 15.0. The minimum absolute atomic E-state index is 0.389. The minimum Gasteiger partial charge on any atom is -0.497 e. The lowest BCUT2D eigenvalue weighted by molar-refractivity contribution is 0.0601. The monoisotopic (exact) mass is 365 g/mol. The maximum absolute atomic E-state index is 11.6. The molecule has 0 saturated carbocycles. The van der Waals surface area contributed by atoms with Crippen LogP contribution in [0.25, 0.3) is 0 Å². The molecule has 0 spiro atoms. The molecular weight excluding hydrogens is 346 g/mol. The molecule has 0 atom stereocenters. The number of hydrogen-bond acceptors (Lipinski definition) is 8. The molecule has 0 aliphatic rings. The third-order valence-corrected chi connectivity index (χ3v) is 3.72. The van der Waals surface area contributed by atoms with Gasteiger partial charge in [0.2, 0.25) is 5.95 Å². The Balaban J connectivity index is 1.65. The third-order valence-electron chi connectivity index (χ3n) is 3.72. The zero-order valence-electron chi connectivity index (χ0n) is 15.0. The van der Waals surface area contributed by atoms with Gasteiger partial charge >= 0.3 is 5.97 Å². The van der Waals surface area contributed by atoms with E-state index in [0.717, 1.165) is 11.3 Å². The highest BCUT2D eigenvalue weighted by atomic mass is 16.5. The number of hydrogen-bond donors (Lipinski definition) is 2. The van der Waals surface area contributed by atoms with Crippen molar-refractivity contribution in [1.82, 2.24) is 15.2 Å². The second-order valence-corrected chi connectivity index (χ2v) is 5.56. The van der Waals surface area contributed by atoms with Gasteiger partial charge in [-0.2, -0.15) is 10.1 Å². The van der Waals surface area contributed by atoms with Crippen molar-refractivity contribution in [2.45, 2.75) is 6.54 Å². The molecule has 2 N–H and O–H groups in total. The molecule has 27 heavy (non-hydrogen) atoms. The van der Waals surface area contributed by atoms with Crippen LogP contribution < -0.4 is 15.4 Å². The van der Waals surface area contributed by atoms with Gasteiger partial charge in [-0.3, -0.25) is 0 Å². The van der Waals surface area contributed by atoms with E-state index in [0.29, 0.717) is 29.6 Å². The van der Waals surface area contributed by atoms with Crippen LogP contribution in [0, 0.1) is 0 Å². The maximum Gasteiger partial charge on any atom is 0.337 e. The smallest absolute Gasteiger partial charge is 0.337 e. The number of nitrogens with zero attached hydrogens (tertiary/aromatic N) is 3. The van der Waals surface area contributed by atoms with E-state index in [-0.39, 0.29) is 0 Å². The Kier molecular flexibility index (Phi) is 5.78. The second kappa shape index (κ2) is 8.61. The summed E-state index contributed by atoms with van der Waals surface area (Å²) in [5, 5.41) is 14.1. The van der Waals surface area contributed by atoms with E-state index in [4.69, 9.17) is 9.47 Å². The second-order valence-electron chi connectivity index (χ2n) is 5.56. The highest BCUT2D eigenvalue weighted by Crippen LogP contribution is 2.17. The minimum atomic E-state index is -0.402. The van der Waals surface area contributed by atoms with Crippen molar-refractivity contribution in [2.75, 3.05) is 24.9 Å². The molecule has 0 aliphatic heterocycles. The Morgan fingerprint density at radius 2 is 1.93 bits per heavy atom. The Morgan fingerprint density at radius 3 is 2.67 bits per heavy atom. The van der Waals surface area contributed by atoms with Crippen molar-refractivity contribution in [3.05, 3.63) is 65.9 Å². The van der Waals surface area contributed by atoms with Crippen molar-refractivity contribution in [3.8, 4) is 5.75 Å². The number of anilines is 3. The van der Waals surface area contributed by atoms with Crippen molar-refractivity contribution in [2.24, 2.45) is 0 Å². The fourth-order valence-corrected chi connectivity index (χ4v) is 2.35. The molecule has 0 saturated heterocycles. The third kappa shape index (κ3) is 4.91. The molecule has 0 radical (unpaired) electrons. The van der Waals surface area contributed by atoms with Gasteiger partial charge in [0.05, 0.1) is 26.0 Å². The molecule has 0 fully saturated rings. The standard InChI is InChI=1S/C19H19N5O3/c1-26-16-8-6-13(7-9-16)11-20-19-23-17(12-21-24-19)22-15-5-3-4-14(10-15)18(25)27-2/h3-10,12H,11H2,1-2H3,(H2,20,22,23,24). The summed E-state index contributed by atoms with van der Waals surface area (Å²) in [6.07, 6.45) is 1.50. The van der Waals surface area contributed by atoms with E-state index in [1.165, 1.54) is 13.3 Å². The molecule has 0 amide bonds. The maximum atomic E-state index is 11.6. The molecule has 0 unspecified atom stereocenters. The number of methoxy groups -OCH3 is 2. The Labute approximate surface area is 156 Å². The number of nitrogens with one attached hydrogen (secondary N) is 2. The van der Waals surface area contributed by atoms with Gasteiger partial charge in [0.25, 0.3) is 0 Å². The molecule has 1 aromatic heterocycles. The van der Waals surface area contributed by atoms with Crippen LogP contribution >= 0.6 is 0 Å². The van der Waals surface area contributed by atoms with Gasteiger partial charge in [-0.15, -0.1) is 5.10 Å². The first-order valence-electron chi connectivity index (χ1n) is 8.20. The van der Waals surface area contributed by atoms with Gasteiger partial charge in [-0.05, 0) is 35.9 Å². The van der Waals surface area contributed by atoms with Crippen molar-refractivity contribution in [3.63, 3.8) is 0 Å². The summed E-state index contributed by atoms with van der Waals surface area (Å²) >= 11 is 0. The van der Waals surface area contributed by atoms with Crippen LogP contribution in [0.15, 0.2) is 54.7 Å². The van der Waals surface area contributed by atoms with Crippen LogP contribution in [0.1, 0.15) is 15.9 Å². The average molecular weight is 365 g/mol. The van der Waals surface area contributed by atoms with E-state index in [9.17, 15) is 4.79 Å². The largest absolute Gasteiger partial charge is 0.497 e. The lowest BCUT2D eigenvalue weighted by Crippen LogP contribution is -2.07. The summed E-state index contributed by atoms with van der Waals surface area (Å²) in [4.78, 5) is 16.0. The van der Waals surface area contributed by atoms with Crippen molar-refractivity contribution in [1.29, 1.82) is 0 Å². The number of carbonyl (C=O) groups excluding carboxylic acids is 1. The van der Waals surface area contributed by atoms with Crippen molar-refractivity contribution >= 4 is 23.4 Å². The molecule has 138 valence electrons. The number of carbonyl (C=O) groups is 1. The zero-order chi connectivity index (χ0) is 19.1. The fourth-order valence-electron chi connectivity index (χ4n) is 2.35. The predicted molar refractivity (Wildman–Crippen MR) is 101 cm³/mol.